The van der Waals surface area contributed by atoms with Gasteiger partial charge in [-0.25, -0.2) is 0 Å². The van der Waals surface area contributed by atoms with Crippen LogP contribution in [0.15, 0.2) is 36.7 Å². The third kappa shape index (κ3) is 4.34. The number of pyridine rings is 1. The standard InChI is InChI=1S/C16H19Cl2N3/c1-2-6-21-16(12-10-20-7-5-15(12)19)9-11-3-4-13(17)14(18)8-11/h3-5,7-8,10,16,21H,2,6,9H2,1H3,(H2,19,20). The number of nitrogens with one attached hydrogen (secondary N) is 1. The van der Waals surface area contributed by atoms with Crippen molar-refractivity contribution >= 4 is 28.9 Å². The molecule has 1 atom stereocenters. The minimum absolute atomic E-state index is 0.107. The molecule has 5 heteroatoms. The van der Waals surface area contributed by atoms with E-state index in [1.165, 1.54) is 0 Å². The van der Waals surface area contributed by atoms with E-state index in [2.05, 4.69) is 17.2 Å². The SMILES string of the molecule is CCCNC(Cc1ccc(Cl)c(Cl)c1)c1cnccc1N. The molecule has 1 aromatic heterocycles. The lowest BCUT2D eigenvalue weighted by Gasteiger charge is -2.20. The zero-order valence-electron chi connectivity index (χ0n) is 11.9. The van der Waals surface area contributed by atoms with Crippen LogP contribution in [0.25, 0.3) is 0 Å². The summed E-state index contributed by atoms with van der Waals surface area (Å²) in [5, 5.41) is 4.65. The van der Waals surface area contributed by atoms with Crippen LogP contribution in [0, 0.1) is 0 Å². The zero-order valence-corrected chi connectivity index (χ0v) is 13.5. The summed E-state index contributed by atoms with van der Waals surface area (Å²) in [5.41, 5.74) is 8.95. The topological polar surface area (TPSA) is 50.9 Å². The molecule has 3 N–H and O–H groups in total. The molecule has 0 aliphatic heterocycles. The fourth-order valence-electron chi connectivity index (χ4n) is 2.22. The third-order valence-corrected chi connectivity index (χ3v) is 4.07. The summed E-state index contributed by atoms with van der Waals surface area (Å²) in [6.45, 7) is 3.05. The molecule has 0 amide bonds. The van der Waals surface area contributed by atoms with Crippen LogP contribution in [-0.2, 0) is 6.42 Å². The minimum atomic E-state index is 0.107. The first-order chi connectivity index (χ1) is 10.1. The van der Waals surface area contributed by atoms with Crippen molar-refractivity contribution in [3.63, 3.8) is 0 Å². The Morgan fingerprint density at radius 2 is 2.05 bits per heavy atom. The van der Waals surface area contributed by atoms with E-state index in [0.29, 0.717) is 10.0 Å². The van der Waals surface area contributed by atoms with Gasteiger partial charge in [0.25, 0.3) is 0 Å². The second-order valence-electron chi connectivity index (χ2n) is 4.96. The predicted molar refractivity (Wildman–Crippen MR) is 89.9 cm³/mol. The van der Waals surface area contributed by atoms with E-state index in [1.54, 1.807) is 6.20 Å². The highest BCUT2D eigenvalue weighted by atomic mass is 35.5. The molecule has 0 aliphatic rings. The smallest absolute Gasteiger partial charge is 0.0595 e. The average Bonchev–Trinajstić information content (AvgIpc) is 2.48. The Kier molecular flexibility index (Phi) is 5.85. The average molecular weight is 324 g/mol. The molecule has 3 nitrogen and oxygen atoms in total. The lowest BCUT2D eigenvalue weighted by atomic mass is 9.99. The van der Waals surface area contributed by atoms with Crippen LogP contribution in [0.4, 0.5) is 5.69 Å². The number of aromatic nitrogens is 1. The molecule has 0 fully saturated rings. The summed E-state index contributed by atoms with van der Waals surface area (Å²) in [7, 11) is 0. The van der Waals surface area contributed by atoms with E-state index >= 15 is 0 Å². The maximum Gasteiger partial charge on any atom is 0.0595 e. The van der Waals surface area contributed by atoms with Crippen LogP contribution in [0.1, 0.15) is 30.5 Å². The van der Waals surface area contributed by atoms with Gasteiger partial charge in [-0.15, -0.1) is 0 Å². The summed E-state index contributed by atoms with van der Waals surface area (Å²) in [6, 6.07) is 7.64. The number of halogens is 2. The molecule has 0 aliphatic carbocycles. The van der Waals surface area contributed by atoms with Crippen LogP contribution >= 0.6 is 23.2 Å². The fraction of sp³-hybridized carbons (Fsp3) is 0.312. The van der Waals surface area contributed by atoms with E-state index < -0.39 is 0 Å². The normalized spacial score (nSPS) is 12.3. The van der Waals surface area contributed by atoms with Crippen molar-refractivity contribution in [2.75, 3.05) is 12.3 Å². The summed E-state index contributed by atoms with van der Waals surface area (Å²) < 4.78 is 0. The van der Waals surface area contributed by atoms with Gasteiger partial charge >= 0.3 is 0 Å². The van der Waals surface area contributed by atoms with Crippen LogP contribution in [0.2, 0.25) is 10.0 Å². The van der Waals surface area contributed by atoms with Gasteiger partial charge in [0.05, 0.1) is 10.0 Å². The zero-order chi connectivity index (χ0) is 15.2. The predicted octanol–water partition coefficient (Wildman–Crippen LogP) is 4.25. The van der Waals surface area contributed by atoms with Crippen molar-refractivity contribution < 1.29 is 0 Å². The molecular formula is C16H19Cl2N3. The molecule has 2 rings (SSSR count). The van der Waals surface area contributed by atoms with Crippen LogP contribution in [0.3, 0.4) is 0 Å². The fourth-order valence-corrected chi connectivity index (χ4v) is 2.54. The number of anilines is 1. The third-order valence-electron chi connectivity index (χ3n) is 3.33. The van der Waals surface area contributed by atoms with Gasteiger partial charge in [0.1, 0.15) is 0 Å². The van der Waals surface area contributed by atoms with Crippen molar-refractivity contribution in [1.29, 1.82) is 0 Å². The van der Waals surface area contributed by atoms with E-state index in [0.717, 1.165) is 36.2 Å². The molecule has 0 saturated carbocycles. The highest BCUT2D eigenvalue weighted by Crippen LogP contribution is 2.27. The Hall–Kier alpha value is -1.29. The highest BCUT2D eigenvalue weighted by molar-refractivity contribution is 6.42. The molecule has 1 unspecified atom stereocenters. The Morgan fingerprint density at radius 1 is 1.24 bits per heavy atom. The van der Waals surface area contributed by atoms with E-state index in [1.807, 2.05) is 30.5 Å². The summed E-state index contributed by atoms with van der Waals surface area (Å²) in [5.74, 6) is 0. The van der Waals surface area contributed by atoms with Gasteiger partial charge in [-0.3, -0.25) is 4.98 Å². The first kappa shape index (κ1) is 16.1. The summed E-state index contributed by atoms with van der Waals surface area (Å²) >= 11 is 12.1. The molecule has 112 valence electrons. The largest absolute Gasteiger partial charge is 0.398 e. The van der Waals surface area contributed by atoms with Gasteiger partial charge in [-0.1, -0.05) is 36.2 Å². The Labute approximate surface area is 135 Å². The molecule has 21 heavy (non-hydrogen) atoms. The number of nitrogens with two attached hydrogens (primary N) is 1. The number of benzene rings is 1. The van der Waals surface area contributed by atoms with Crippen molar-refractivity contribution in [3.8, 4) is 0 Å². The van der Waals surface area contributed by atoms with E-state index in [9.17, 15) is 0 Å². The lowest BCUT2D eigenvalue weighted by Crippen LogP contribution is -2.25. The van der Waals surface area contributed by atoms with Gasteiger partial charge in [-0.05, 0) is 43.1 Å². The van der Waals surface area contributed by atoms with Crippen LogP contribution in [-0.4, -0.2) is 11.5 Å². The maximum atomic E-state index is 6.09. The van der Waals surface area contributed by atoms with Gasteiger partial charge in [0.15, 0.2) is 0 Å². The Balaban J connectivity index is 2.24. The van der Waals surface area contributed by atoms with Crippen molar-refractivity contribution in [2.24, 2.45) is 0 Å². The Bertz CT molecular complexity index is 602. The maximum absolute atomic E-state index is 6.09. The van der Waals surface area contributed by atoms with Crippen LogP contribution < -0.4 is 11.1 Å². The summed E-state index contributed by atoms with van der Waals surface area (Å²) in [4.78, 5) is 4.18. The second kappa shape index (κ2) is 7.64. The van der Waals surface area contributed by atoms with Crippen LogP contribution in [0.5, 0.6) is 0 Å². The number of rotatable bonds is 6. The Morgan fingerprint density at radius 3 is 2.71 bits per heavy atom. The molecule has 1 aromatic carbocycles. The first-order valence-electron chi connectivity index (χ1n) is 6.98. The lowest BCUT2D eigenvalue weighted by molar-refractivity contribution is 0.529. The first-order valence-corrected chi connectivity index (χ1v) is 7.74. The minimum Gasteiger partial charge on any atom is -0.398 e. The number of nitrogens with zero attached hydrogens (tertiary/aromatic N) is 1. The number of hydrogen-bond acceptors (Lipinski definition) is 3. The molecule has 1 heterocycles. The molecule has 0 spiro atoms. The van der Waals surface area contributed by atoms with E-state index in [4.69, 9.17) is 28.9 Å². The van der Waals surface area contributed by atoms with Gasteiger partial charge < -0.3 is 11.1 Å². The van der Waals surface area contributed by atoms with Gasteiger partial charge in [-0.2, -0.15) is 0 Å². The molecule has 0 saturated heterocycles. The molecule has 2 aromatic rings. The van der Waals surface area contributed by atoms with Crippen molar-refractivity contribution in [2.45, 2.75) is 25.8 Å². The number of nitrogen functional groups attached to an aromatic ring is 1. The molecule has 0 radical (unpaired) electrons. The van der Waals surface area contributed by atoms with Gasteiger partial charge in [0.2, 0.25) is 0 Å². The summed E-state index contributed by atoms with van der Waals surface area (Å²) in [6.07, 6.45) is 5.36. The van der Waals surface area contributed by atoms with Crippen molar-refractivity contribution in [1.82, 2.24) is 10.3 Å². The number of hydrogen-bond donors (Lipinski definition) is 2. The van der Waals surface area contributed by atoms with Gasteiger partial charge in [0, 0.05) is 29.7 Å². The quantitative estimate of drug-likeness (QED) is 0.835. The van der Waals surface area contributed by atoms with E-state index in [-0.39, 0.29) is 6.04 Å². The highest BCUT2D eigenvalue weighted by Gasteiger charge is 2.15. The second-order valence-corrected chi connectivity index (χ2v) is 5.78. The monoisotopic (exact) mass is 323 g/mol. The molecular weight excluding hydrogens is 305 g/mol. The van der Waals surface area contributed by atoms with Crippen molar-refractivity contribution in [3.05, 3.63) is 57.8 Å². The molecule has 0 bridgehead atoms.